The first-order valence-electron chi connectivity index (χ1n) is 7.61. The van der Waals surface area contributed by atoms with E-state index in [0.717, 1.165) is 48.5 Å². The predicted octanol–water partition coefficient (Wildman–Crippen LogP) is 2.97. The molecule has 0 N–H and O–H groups in total. The second-order valence-electron chi connectivity index (χ2n) is 6.00. The van der Waals surface area contributed by atoms with E-state index >= 15 is 0 Å². The molecule has 2 aliphatic heterocycles. The number of benzene rings is 1. The Morgan fingerprint density at radius 1 is 1.32 bits per heavy atom. The summed E-state index contributed by atoms with van der Waals surface area (Å²) in [4.78, 5) is 11.1. The molecular weight excluding hydrogens is 302 g/mol. The SMILES string of the molecule is Cc1nc(Cl)c2cc3c(cc2n1)OC(C)CN3C1CCOC1. The van der Waals surface area contributed by atoms with Gasteiger partial charge in [-0.1, -0.05) is 11.6 Å². The van der Waals surface area contributed by atoms with E-state index in [0.29, 0.717) is 17.0 Å². The van der Waals surface area contributed by atoms with E-state index in [4.69, 9.17) is 21.1 Å². The van der Waals surface area contributed by atoms with Gasteiger partial charge in [-0.15, -0.1) is 0 Å². The van der Waals surface area contributed by atoms with Gasteiger partial charge in [0.05, 0.1) is 30.4 Å². The molecule has 0 radical (unpaired) electrons. The smallest absolute Gasteiger partial charge is 0.145 e. The summed E-state index contributed by atoms with van der Waals surface area (Å²) in [6, 6.07) is 4.42. The van der Waals surface area contributed by atoms with Crippen molar-refractivity contribution in [1.29, 1.82) is 0 Å². The minimum absolute atomic E-state index is 0.143. The Balaban J connectivity index is 1.87. The fraction of sp³-hybridized carbons (Fsp3) is 0.500. The van der Waals surface area contributed by atoms with Gasteiger partial charge in [0.1, 0.15) is 22.8 Å². The molecular formula is C16H18ClN3O2. The molecule has 2 aliphatic rings. The highest BCUT2D eigenvalue weighted by molar-refractivity contribution is 6.34. The van der Waals surface area contributed by atoms with Gasteiger partial charge in [-0.2, -0.15) is 0 Å². The highest BCUT2D eigenvalue weighted by Crippen LogP contribution is 2.40. The lowest BCUT2D eigenvalue weighted by Crippen LogP contribution is -2.45. The van der Waals surface area contributed by atoms with Crippen LogP contribution in [0.3, 0.4) is 0 Å². The van der Waals surface area contributed by atoms with E-state index in [1.807, 2.05) is 13.0 Å². The number of hydrogen-bond donors (Lipinski definition) is 0. The molecule has 0 aliphatic carbocycles. The van der Waals surface area contributed by atoms with Crippen molar-refractivity contribution in [2.75, 3.05) is 24.7 Å². The first kappa shape index (κ1) is 14.0. The number of hydrogen-bond acceptors (Lipinski definition) is 5. The van der Waals surface area contributed by atoms with Crippen LogP contribution in [-0.4, -0.2) is 41.9 Å². The van der Waals surface area contributed by atoms with Crippen LogP contribution in [0.1, 0.15) is 19.2 Å². The Kier molecular flexibility index (Phi) is 3.35. The number of aryl methyl sites for hydroxylation is 1. The van der Waals surface area contributed by atoms with E-state index in [1.165, 1.54) is 0 Å². The number of aromatic nitrogens is 2. The minimum Gasteiger partial charge on any atom is -0.487 e. The van der Waals surface area contributed by atoms with Crippen LogP contribution in [0.5, 0.6) is 5.75 Å². The number of halogens is 1. The molecule has 3 heterocycles. The largest absolute Gasteiger partial charge is 0.487 e. The van der Waals surface area contributed by atoms with E-state index in [2.05, 4.69) is 27.9 Å². The molecule has 5 nitrogen and oxygen atoms in total. The van der Waals surface area contributed by atoms with Crippen molar-refractivity contribution in [1.82, 2.24) is 9.97 Å². The van der Waals surface area contributed by atoms with Crippen LogP contribution < -0.4 is 9.64 Å². The molecule has 0 bridgehead atoms. The van der Waals surface area contributed by atoms with E-state index in [-0.39, 0.29) is 6.10 Å². The van der Waals surface area contributed by atoms with Crippen molar-refractivity contribution >= 4 is 28.2 Å². The minimum atomic E-state index is 0.143. The molecule has 22 heavy (non-hydrogen) atoms. The van der Waals surface area contributed by atoms with Crippen molar-refractivity contribution in [3.8, 4) is 5.75 Å². The van der Waals surface area contributed by atoms with Gasteiger partial charge in [0.25, 0.3) is 0 Å². The molecule has 1 aromatic carbocycles. The van der Waals surface area contributed by atoms with Crippen LogP contribution in [0, 0.1) is 6.92 Å². The van der Waals surface area contributed by atoms with Crippen molar-refractivity contribution < 1.29 is 9.47 Å². The standard InChI is InChI=1S/C16H18ClN3O2/c1-9-7-20(11-3-4-21-8-11)14-5-12-13(6-15(14)22-9)18-10(2)19-16(12)17/h5-6,9,11H,3-4,7-8H2,1-2H3. The zero-order chi connectivity index (χ0) is 15.3. The summed E-state index contributed by atoms with van der Waals surface area (Å²) in [6.07, 6.45) is 1.19. The van der Waals surface area contributed by atoms with Gasteiger partial charge < -0.3 is 14.4 Å². The van der Waals surface area contributed by atoms with Gasteiger partial charge in [0.15, 0.2) is 0 Å². The molecule has 2 aromatic rings. The molecule has 1 fully saturated rings. The van der Waals surface area contributed by atoms with Gasteiger partial charge in [-0.25, -0.2) is 9.97 Å². The predicted molar refractivity (Wildman–Crippen MR) is 85.9 cm³/mol. The maximum Gasteiger partial charge on any atom is 0.145 e. The summed E-state index contributed by atoms with van der Waals surface area (Å²) in [7, 11) is 0. The number of fused-ring (bicyclic) bond motifs is 2. The maximum atomic E-state index is 6.31. The van der Waals surface area contributed by atoms with Crippen LogP contribution in [0.15, 0.2) is 12.1 Å². The molecule has 1 saturated heterocycles. The van der Waals surface area contributed by atoms with E-state index < -0.39 is 0 Å². The third-order valence-corrected chi connectivity index (χ3v) is 4.57. The van der Waals surface area contributed by atoms with Crippen molar-refractivity contribution in [2.45, 2.75) is 32.4 Å². The summed E-state index contributed by atoms with van der Waals surface area (Å²) in [5, 5.41) is 1.36. The van der Waals surface area contributed by atoms with Gasteiger partial charge in [0, 0.05) is 18.1 Å². The molecule has 0 saturated carbocycles. The van der Waals surface area contributed by atoms with Crippen molar-refractivity contribution in [2.24, 2.45) is 0 Å². The van der Waals surface area contributed by atoms with Crippen LogP contribution in [0.25, 0.3) is 10.9 Å². The van der Waals surface area contributed by atoms with Gasteiger partial charge in [0.2, 0.25) is 0 Å². The Labute approximate surface area is 134 Å². The highest BCUT2D eigenvalue weighted by Gasteiger charge is 2.31. The quantitative estimate of drug-likeness (QED) is 0.756. The monoisotopic (exact) mass is 319 g/mol. The van der Waals surface area contributed by atoms with Gasteiger partial charge in [-0.3, -0.25) is 0 Å². The normalized spacial score (nSPS) is 24.4. The third kappa shape index (κ3) is 2.29. The fourth-order valence-electron chi connectivity index (χ4n) is 3.28. The van der Waals surface area contributed by atoms with Gasteiger partial charge in [-0.05, 0) is 26.3 Å². The van der Waals surface area contributed by atoms with Crippen LogP contribution >= 0.6 is 11.6 Å². The summed E-state index contributed by atoms with van der Waals surface area (Å²) >= 11 is 6.31. The van der Waals surface area contributed by atoms with Crippen molar-refractivity contribution in [3.05, 3.63) is 23.1 Å². The lowest BCUT2D eigenvalue weighted by atomic mass is 10.1. The summed E-state index contributed by atoms with van der Waals surface area (Å²) in [5.41, 5.74) is 1.89. The average Bonchev–Trinajstić information content (AvgIpc) is 2.98. The molecule has 6 heteroatoms. The Hall–Kier alpha value is -1.59. The number of rotatable bonds is 1. The van der Waals surface area contributed by atoms with Crippen molar-refractivity contribution in [3.63, 3.8) is 0 Å². The van der Waals surface area contributed by atoms with Gasteiger partial charge >= 0.3 is 0 Å². The second kappa shape index (κ2) is 5.25. The highest BCUT2D eigenvalue weighted by atomic mass is 35.5. The number of anilines is 1. The lowest BCUT2D eigenvalue weighted by molar-refractivity contribution is 0.183. The average molecular weight is 320 g/mol. The summed E-state index contributed by atoms with van der Waals surface area (Å²) in [5.74, 6) is 1.54. The molecule has 0 amide bonds. The first-order valence-corrected chi connectivity index (χ1v) is 7.98. The summed E-state index contributed by atoms with van der Waals surface area (Å²) < 4.78 is 11.6. The zero-order valence-electron chi connectivity index (χ0n) is 12.7. The Bertz CT molecular complexity index is 731. The second-order valence-corrected chi connectivity index (χ2v) is 6.35. The Morgan fingerprint density at radius 3 is 2.95 bits per heavy atom. The molecule has 0 spiro atoms. The maximum absolute atomic E-state index is 6.31. The topological polar surface area (TPSA) is 47.5 Å². The van der Waals surface area contributed by atoms with Crippen LogP contribution in [-0.2, 0) is 4.74 Å². The molecule has 2 unspecified atom stereocenters. The van der Waals surface area contributed by atoms with E-state index in [9.17, 15) is 0 Å². The summed E-state index contributed by atoms with van der Waals surface area (Å²) in [6.45, 7) is 6.38. The molecule has 2 atom stereocenters. The third-order valence-electron chi connectivity index (χ3n) is 4.28. The Morgan fingerprint density at radius 2 is 2.18 bits per heavy atom. The number of nitrogens with zero attached hydrogens (tertiary/aromatic N) is 3. The molecule has 1 aromatic heterocycles. The molecule has 116 valence electrons. The van der Waals surface area contributed by atoms with Crippen LogP contribution in [0.4, 0.5) is 5.69 Å². The molecule has 4 rings (SSSR count). The number of ether oxygens (including phenoxy) is 2. The zero-order valence-corrected chi connectivity index (χ0v) is 13.4. The lowest BCUT2D eigenvalue weighted by Gasteiger charge is -2.38. The van der Waals surface area contributed by atoms with E-state index in [1.54, 1.807) is 0 Å². The van der Waals surface area contributed by atoms with Crippen LogP contribution in [0.2, 0.25) is 5.15 Å². The first-order chi connectivity index (χ1) is 10.6. The fourth-order valence-corrected chi connectivity index (χ4v) is 3.55.